The van der Waals surface area contributed by atoms with Crippen LogP contribution in [-0.4, -0.2) is 13.4 Å². The van der Waals surface area contributed by atoms with Crippen molar-refractivity contribution in [2.75, 3.05) is 7.11 Å². The van der Waals surface area contributed by atoms with Crippen molar-refractivity contribution in [3.05, 3.63) is 65.7 Å². The maximum absolute atomic E-state index is 10.6. The highest BCUT2D eigenvalue weighted by molar-refractivity contribution is 5.81. The molecular formula is C18H18O3. The molecule has 0 unspecified atom stereocenters. The second-order valence-electron chi connectivity index (χ2n) is 4.63. The van der Waals surface area contributed by atoms with Crippen LogP contribution in [0.2, 0.25) is 0 Å². The van der Waals surface area contributed by atoms with E-state index in [9.17, 15) is 4.79 Å². The summed E-state index contributed by atoms with van der Waals surface area (Å²) in [7, 11) is 1.61. The fourth-order valence-electron chi connectivity index (χ4n) is 1.97. The first kappa shape index (κ1) is 14.9. The molecule has 0 N–H and O–H groups in total. The molecule has 0 atom stereocenters. The molecule has 2 rings (SSSR count). The van der Waals surface area contributed by atoms with Gasteiger partial charge in [0.25, 0.3) is 0 Å². The van der Waals surface area contributed by atoms with E-state index in [-0.39, 0.29) is 0 Å². The van der Waals surface area contributed by atoms with Gasteiger partial charge in [-0.25, -0.2) is 0 Å². The second kappa shape index (κ2) is 7.29. The highest BCUT2D eigenvalue weighted by atomic mass is 16.5. The molecule has 0 saturated carbocycles. The summed E-state index contributed by atoms with van der Waals surface area (Å²) in [6, 6.07) is 15.6. The van der Waals surface area contributed by atoms with Crippen molar-refractivity contribution >= 4 is 11.9 Å². The van der Waals surface area contributed by atoms with Crippen molar-refractivity contribution < 1.29 is 14.3 Å². The molecule has 0 amide bonds. The molecule has 0 bridgehead atoms. The molecule has 0 spiro atoms. The summed E-state index contributed by atoms with van der Waals surface area (Å²) in [4.78, 5) is 10.6. The minimum Gasteiger partial charge on any atom is -0.493 e. The van der Waals surface area contributed by atoms with Gasteiger partial charge in [0.15, 0.2) is 11.5 Å². The topological polar surface area (TPSA) is 35.5 Å². The molecular weight excluding hydrogens is 264 g/mol. The largest absolute Gasteiger partial charge is 0.493 e. The van der Waals surface area contributed by atoms with E-state index in [4.69, 9.17) is 9.47 Å². The Morgan fingerprint density at radius 3 is 2.52 bits per heavy atom. The minimum absolute atomic E-state index is 0.469. The Morgan fingerprint density at radius 1 is 1.10 bits per heavy atom. The molecule has 0 aliphatic rings. The van der Waals surface area contributed by atoms with Crippen molar-refractivity contribution in [2.45, 2.75) is 13.5 Å². The molecule has 3 nitrogen and oxygen atoms in total. The van der Waals surface area contributed by atoms with Gasteiger partial charge in [-0.1, -0.05) is 36.4 Å². The first-order chi connectivity index (χ1) is 10.2. The lowest BCUT2D eigenvalue weighted by Gasteiger charge is -2.12. The Balaban J connectivity index is 2.22. The van der Waals surface area contributed by atoms with E-state index >= 15 is 0 Å². The van der Waals surface area contributed by atoms with Gasteiger partial charge in [-0.2, -0.15) is 0 Å². The maximum atomic E-state index is 10.6. The van der Waals surface area contributed by atoms with Gasteiger partial charge in [0.05, 0.1) is 7.11 Å². The van der Waals surface area contributed by atoms with Gasteiger partial charge in [0, 0.05) is 0 Å². The van der Waals surface area contributed by atoms with Crippen LogP contribution in [0.1, 0.15) is 18.1 Å². The van der Waals surface area contributed by atoms with Crippen LogP contribution in [0.5, 0.6) is 11.5 Å². The SMILES string of the molecule is COc1ccc(C(C)=CC=O)cc1OCc1ccccc1. The Bertz CT molecular complexity index is 630. The van der Waals surface area contributed by atoms with Crippen LogP contribution >= 0.6 is 0 Å². The predicted octanol–water partition coefficient (Wildman–Crippen LogP) is 3.88. The van der Waals surface area contributed by atoms with E-state index in [1.807, 2.05) is 55.5 Å². The molecule has 2 aromatic rings. The molecule has 3 heteroatoms. The van der Waals surface area contributed by atoms with Gasteiger partial charge in [-0.05, 0) is 41.8 Å². The molecule has 0 saturated heterocycles. The summed E-state index contributed by atoms with van der Waals surface area (Å²) in [6.07, 6.45) is 2.31. The normalized spacial score (nSPS) is 11.0. The Labute approximate surface area is 124 Å². The number of benzene rings is 2. The lowest BCUT2D eigenvalue weighted by molar-refractivity contribution is -0.104. The van der Waals surface area contributed by atoms with Gasteiger partial charge in [-0.15, -0.1) is 0 Å². The van der Waals surface area contributed by atoms with Crippen LogP contribution in [-0.2, 0) is 11.4 Å². The monoisotopic (exact) mass is 282 g/mol. The average molecular weight is 282 g/mol. The molecule has 108 valence electrons. The van der Waals surface area contributed by atoms with Crippen molar-refractivity contribution in [2.24, 2.45) is 0 Å². The second-order valence-corrected chi connectivity index (χ2v) is 4.63. The Kier molecular flexibility index (Phi) is 5.16. The van der Waals surface area contributed by atoms with Crippen LogP contribution in [0.4, 0.5) is 0 Å². The number of rotatable bonds is 6. The van der Waals surface area contributed by atoms with Crippen molar-refractivity contribution in [1.29, 1.82) is 0 Å². The fraction of sp³-hybridized carbons (Fsp3) is 0.167. The zero-order valence-corrected chi connectivity index (χ0v) is 12.2. The van der Waals surface area contributed by atoms with E-state index in [0.717, 1.165) is 23.0 Å². The van der Waals surface area contributed by atoms with Crippen LogP contribution in [0.15, 0.2) is 54.6 Å². The first-order valence-corrected chi connectivity index (χ1v) is 6.72. The molecule has 0 aliphatic carbocycles. The van der Waals surface area contributed by atoms with Crippen LogP contribution in [0.3, 0.4) is 0 Å². The molecule has 0 radical (unpaired) electrons. The van der Waals surface area contributed by atoms with Gasteiger partial charge < -0.3 is 9.47 Å². The van der Waals surface area contributed by atoms with E-state index in [1.54, 1.807) is 7.11 Å². The third-order valence-corrected chi connectivity index (χ3v) is 3.17. The van der Waals surface area contributed by atoms with E-state index in [1.165, 1.54) is 6.08 Å². The summed E-state index contributed by atoms with van der Waals surface area (Å²) in [5.74, 6) is 1.34. The van der Waals surface area contributed by atoms with E-state index in [0.29, 0.717) is 18.1 Å². The summed E-state index contributed by atoms with van der Waals surface area (Å²) in [6.45, 7) is 2.36. The number of allylic oxidation sites excluding steroid dienone is 2. The quantitative estimate of drug-likeness (QED) is 0.596. The summed E-state index contributed by atoms with van der Waals surface area (Å²) in [5, 5.41) is 0. The smallest absolute Gasteiger partial charge is 0.162 e. The number of hydrogen-bond donors (Lipinski definition) is 0. The summed E-state index contributed by atoms with van der Waals surface area (Å²) < 4.78 is 11.2. The number of carbonyl (C=O) groups is 1. The van der Waals surface area contributed by atoms with Crippen molar-refractivity contribution in [3.8, 4) is 11.5 Å². The summed E-state index contributed by atoms with van der Waals surface area (Å²) >= 11 is 0. The fourth-order valence-corrected chi connectivity index (χ4v) is 1.97. The van der Waals surface area contributed by atoms with Gasteiger partial charge in [-0.3, -0.25) is 4.79 Å². The number of hydrogen-bond acceptors (Lipinski definition) is 3. The van der Waals surface area contributed by atoms with Gasteiger partial charge in [0.2, 0.25) is 0 Å². The number of ether oxygens (including phenoxy) is 2. The molecule has 0 aromatic heterocycles. The third kappa shape index (κ3) is 3.96. The predicted molar refractivity (Wildman–Crippen MR) is 83.5 cm³/mol. The van der Waals surface area contributed by atoms with E-state index in [2.05, 4.69) is 0 Å². The van der Waals surface area contributed by atoms with E-state index < -0.39 is 0 Å². The molecule has 0 fully saturated rings. The molecule has 0 aliphatic heterocycles. The van der Waals surface area contributed by atoms with Crippen LogP contribution < -0.4 is 9.47 Å². The summed E-state index contributed by atoms with van der Waals surface area (Å²) in [5.41, 5.74) is 2.91. The van der Waals surface area contributed by atoms with Crippen molar-refractivity contribution in [1.82, 2.24) is 0 Å². The molecule has 0 heterocycles. The van der Waals surface area contributed by atoms with Gasteiger partial charge >= 0.3 is 0 Å². The third-order valence-electron chi connectivity index (χ3n) is 3.17. The van der Waals surface area contributed by atoms with Crippen LogP contribution in [0, 0.1) is 0 Å². The first-order valence-electron chi connectivity index (χ1n) is 6.72. The molecule has 21 heavy (non-hydrogen) atoms. The lowest BCUT2D eigenvalue weighted by atomic mass is 10.1. The zero-order valence-electron chi connectivity index (χ0n) is 12.2. The highest BCUT2D eigenvalue weighted by Gasteiger charge is 2.07. The maximum Gasteiger partial charge on any atom is 0.162 e. The number of methoxy groups -OCH3 is 1. The van der Waals surface area contributed by atoms with Crippen LogP contribution in [0.25, 0.3) is 5.57 Å². The highest BCUT2D eigenvalue weighted by Crippen LogP contribution is 2.31. The molecule has 2 aromatic carbocycles. The zero-order chi connectivity index (χ0) is 15.1. The lowest BCUT2D eigenvalue weighted by Crippen LogP contribution is -1.98. The average Bonchev–Trinajstić information content (AvgIpc) is 2.54. The van der Waals surface area contributed by atoms with Crippen molar-refractivity contribution in [3.63, 3.8) is 0 Å². The minimum atomic E-state index is 0.469. The Hall–Kier alpha value is -2.55. The standard InChI is InChI=1S/C18H18O3/c1-14(10-11-19)16-8-9-17(20-2)18(12-16)21-13-15-6-4-3-5-7-15/h3-12H,13H2,1-2H3. The Morgan fingerprint density at radius 2 is 1.86 bits per heavy atom. The number of carbonyl (C=O) groups excluding carboxylic acids is 1. The number of aldehydes is 1. The van der Waals surface area contributed by atoms with Gasteiger partial charge in [0.1, 0.15) is 12.9 Å².